The molecule has 0 amide bonds. The van der Waals surface area contributed by atoms with Gasteiger partial charge in [0, 0.05) is 0 Å². The summed E-state index contributed by atoms with van der Waals surface area (Å²) in [5, 5.41) is 0. The van der Waals surface area contributed by atoms with Crippen LogP contribution in [0.5, 0.6) is 0 Å². The molecule has 0 aromatic rings. The van der Waals surface area contributed by atoms with Crippen molar-refractivity contribution < 1.29 is 35.1 Å². The molecule has 22 heavy (non-hydrogen) atoms. The molecule has 0 unspecified atom stereocenters. The Morgan fingerprint density at radius 2 is 1.05 bits per heavy atom. The molecule has 9 heteroatoms. The Balaban J connectivity index is 5.06. The molecule has 0 aliphatic carbocycles. The van der Waals surface area contributed by atoms with Crippen LogP contribution < -0.4 is 0 Å². The second-order valence-electron chi connectivity index (χ2n) is 5.82. The Labute approximate surface area is 126 Å². The monoisotopic (exact) mass is 362 g/mol. The molecule has 0 aliphatic heterocycles. The quantitative estimate of drug-likeness (QED) is 0.344. The van der Waals surface area contributed by atoms with Crippen molar-refractivity contribution in [2.24, 2.45) is 0 Å². The van der Waals surface area contributed by atoms with Crippen molar-refractivity contribution in [3.63, 3.8) is 0 Å². The molecule has 0 aromatic heterocycles. The summed E-state index contributed by atoms with van der Waals surface area (Å²) in [6.07, 6.45) is -11.5. The Hall–Kier alpha value is -0.130. The molecule has 0 spiro atoms. The summed E-state index contributed by atoms with van der Waals surface area (Å²) in [6.45, 7) is 3.43. The first-order valence-electron chi connectivity index (χ1n) is 7.30. The zero-order valence-corrected chi connectivity index (χ0v) is 13.7. The maximum atomic E-state index is 13.1. The van der Waals surface area contributed by atoms with Gasteiger partial charge in [-0.1, -0.05) is 0 Å². The van der Waals surface area contributed by atoms with E-state index < -0.39 is 44.5 Å². The minimum atomic E-state index is -5.64. The number of hydrogen-bond donors (Lipinski definition) is 0. The second kappa shape index (κ2) is 8.11. The van der Waals surface area contributed by atoms with E-state index in [1.165, 1.54) is 0 Å². The Morgan fingerprint density at radius 1 is 0.636 bits per heavy atom. The molecule has 0 saturated heterocycles. The predicted molar refractivity (Wildman–Crippen MR) is 74.7 cm³/mol. The topological polar surface area (TPSA) is 0 Å². The fourth-order valence-electron chi connectivity index (χ4n) is 2.78. The zero-order chi connectivity index (χ0) is 17.7. The van der Waals surface area contributed by atoms with E-state index in [0.717, 1.165) is 0 Å². The first kappa shape index (κ1) is 21.9. The Morgan fingerprint density at radius 3 is 1.36 bits per heavy atom. The van der Waals surface area contributed by atoms with Gasteiger partial charge in [-0.25, -0.2) is 0 Å². The van der Waals surface area contributed by atoms with E-state index in [1.807, 2.05) is 0 Å². The number of hydrogen-bond acceptors (Lipinski definition) is 0. The normalized spacial score (nSPS) is 15.2. The van der Waals surface area contributed by atoms with Crippen LogP contribution in [0.2, 0.25) is 0 Å². The Bertz CT molecular complexity index is 315. The van der Waals surface area contributed by atoms with Gasteiger partial charge in [0.15, 0.2) is 0 Å². The van der Waals surface area contributed by atoms with Gasteiger partial charge in [0.05, 0.1) is 0 Å². The average molecular weight is 362 g/mol. The van der Waals surface area contributed by atoms with Crippen LogP contribution in [-0.4, -0.2) is 42.9 Å². The van der Waals surface area contributed by atoms with Gasteiger partial charge in [-0.2, -0.15) is 0 Å². The van der Waals surface area contributed by atoms with Crippen molar-refractivity contribution in [1.82, 2.24) is 0 Å². The third-order valence-electron chi connectivity index (χ3n) is 3.88. The molecule has 0 aliphatic rings. The molecule has 0 N–H and O–H groups in total. The summed E-state index contributed by atoms with van der Waals surface area (Å²) in [5.41, 5.74) is 0. The van der Waals surface area contributed by atoms with Crippen LogP contribution in [0.15, 0.2) is 0 Å². The van der Waals surface area contributed by atoms with E-state index in [-0.39, 0.29) is 6.16 Å². The molecule has 0 rings (SSSR count). The first-order chi connectivity index (χ1) is 9.79. The molecule has 0 saturated carbocycles. The van der Waals surface area contributed by atoms with E-state index in [1.54, 1.807) is 13.8 Å². The molecule has 0 bridgehead atoms. The number of rotatable bonds is 9. The molecule has 0 aromatic carbocycles. The molecule has 0 heterocycles. The SMILES string of the molecule is CCC[PH](CCC)(CCC(F)(F)F)CCC(F)(F)C(F)(F)F. The standard InChI is InChI=1S/C13H23F8P/c1-3-7-22(8-4-2,10-6-12(16,17)18)9-5-11(14,15)13(19,20)21/h22H,3-10H2,1-2H3. The average Bonchev–Trinajstić information content (AvgIpc) is 2.32. The molecule has 136 valence electrons. The number of halogens is 8. The Kier molecular flexibility index (Phi) is 8.06. The minimum absolute atomic E-state index is 0.272. The van der Waals surface area contributed by atoms with Crippen LogP contribution in [0.25, 0.3) is 0 Å². The van der Waals surface area contributed by atoms with Gasteiger partial charge >= 0.3 is 125 Å². The third-order valence-corrected chi connectivity index (χ3v) is 9.63. The van der Waals surface area contributed by atoms with Crippen LogP contribution >= 0.6 is 7.26 Å². The van der Waals surface area contributed by atoms with Gasteiger partial charge in [-0.15, -0.1) is 0 Å². The summed E-state index contributed by atoms with van der Waals surface area (Å²) in [4.78, 5) is 0. The van der Waals surface area contributed by atoms with Gasteiger partial charge in [0.2, 0.25) is 0 Å². The first-order valence-corrected chi connectivity index (χ1v) is 10.1. The van der Waals surface area contributed by atoms with Crippen molar-refractivity contribution in [3.8, 4) is 0 Å². The van der Waals surface area contributed by atoms with E-state index in [4.69, 9.17) is 0 Å². The van der Waals surface area contributed by atoms with Gasteiger partial charge in [-0.3, -0.25) is 0 Å². The van der Waals surface area contributed by atoms with E-state index in [2.05, 4.69) is 0 Å². The van der Waals surface area contributed by atoms with Crippen LogP contribution in [0.3, 0.4) is 0 Å². The molecule has 0 atom stereocenters. The van der Waals surface area contributed by atoms with Gasteiger partial charge in [0.1, 0.15) is 0 Å². The third kappa shape index (κ3) is 7.42. The van der Waals surface area contributed by atoms with Crippen LogP contribution in [0.4, 0.5) is 35.1 Å². The fourth-order valence-corrected chi connectivity index (χ4v) is 8.06. The molecular weight excluding hydrogens is 339 g/mol. The predicted octanol–water partition coefficient (Wildman–Crippen LogP) is 6.10. The molecule has 0 fully saturated rings. The van der Waals surface area contributed by atoms with Gasteiger partial charge in [0.25, 0.3) is 0 Å². The van der Waals surface area contributed by atoms with Crippen molar-refractivity contribution in [3.05, 3.63) is 0 Å². The molecule has 0 nitrogen and oxygen atoms in total. The van der Waals surface area contributed by atoms with Gasteiger partial charge in [-0.05, 0) is 0 Å². The maximum absolute atomic E-state index is 13.1. The zero-order valence-electron chi connectivity index (χ0n) is 12.7. The number of alkyl halides is 8. The van der Waals surface area contributed by atoms with Crippen molar-refractivity contribution in [1.29, 1.82) is 0 Å². The van der Waals surface area contributed by atoms with Crippen LogP contribution in [-0.2, 0) is 0 Å². The summed E-state index contributed by atoms with van der Waals surface area (Å²) >= 11 is 0. The second-order valence-corrected chi connectivity index (χ2v) is 10.8. The van der Waals surface area contributed by atoms with E-state index in [9.17, 15) is 35.1 Å². The summed E-state index contributed by atoms with van der Waals surface area (Å²) in [5.74, 6) is -4.83. The van der Waals surface area contributed by atoms with Crippen molar-refractivity contribution >= 4 is 7.26 Å². The molecule has 0 radical (unpaired) electrons. The van der Waals surface area contributed by atoms with E-state index in [0.29, 0.717) is 25.2 Å². The fraction of sp³-hybridized carbons (Fsp3) is 1.00. The molecular formula is C13H23F8P. The van der Waals surface area contributed by atoms with E-state index >= 15 is 0 Å². The van der Waals surface area contributed by atoms with Gasteiger partial charge < -0.3 is 0 Å². The van der Waals surface area contributed by atoms with Crippen molar-refractivity contribution in [2.45, 2.75) is 57.8 Å². The summed E-state index contributed by atoms with van der Waals surface area (Å²) < 4.78 is 100. The summed E-state index contributed by atoms with van der Waals surface area (Å²) in [6, 6.07) is 0. The summed E-state index contributed by atoms with van der Waals surface area (Å²) in [7, 11) is -2.79. The van der Waals surface area contributed by atoms with Crippen LogP contribution in [0.1, 0.15) is 39.5 Å². The van der Waals surface area contributed by atoms with Crippen LogP contribution in [0, 0.1) is 0 Å². The van der Waals surface area contributed by atoms with Crippen molar-refractivity contribution in [2.75, 3.05) is 24.6 Å².